The average molecular weight is 334 g/mol. The highest BCUT2D eigenvalue weighted by atomic mass is 32.1. The molecule has 0 aliphatic carbocycles. The van der Waals surface area contributed by atoms with Gasteiger partial charge in [-0.2, -0.15) is 5.10 Å². The number of ether oxygens (including phenoxy) is 1. The fourth-order valence-corrected chi connectivity index (χ4v) is 2.74. The van der Waals surface area contributed by atoms with E-state index in [1.54, 1.807) is 6.21 Å². The van der Waals surface area contributed by atoms with E-state index in [1.807, 2.05) is 24.3 Å². The molecule has 0 spiro atoms. The molecular weight excluding hydrogens is 308 g/mol. The maximum absolute atomic E-state index is 5.88. The van der Waals surface area contributed by atoms with Gasteiger partial charge < -0.3 is 15.4 Å². The largest absolute Gasteiger partial charge is 0.493 e. The number of para-hydroxylation sites is 1. The number of nitrogens with zero attached hydrogens (tertiary/aromatic N) is 2. The van der Waals surface area contributed by atoms with Crippen LogP contribution in [0.15, 0.2) is 29.4 Å². The monoisotopic (exact) mass is 334 g/mol. The molecule has 1 aliphatic heterocycles. The fourth-order valence-electron chi connectivity index (χ4n) is 2.69. The van der Waals surface area contributed by atoms with E-state index in [1.165, 1.54) is 45.3 Å². The van der Waals surface area contributed by atoms with E-state index in [0.717, 1.165) is 24.3 Å². The Hall–Kier alpha value is -1.66. The number of thiocarbonyl (C=S) groups is 1. The first-order chi connectivity index (χ1) is 11.3. The first kappa shape index (κ1) is 17.7. The molecule has 23 heavy (non-hydrogen) atoms. The summed E-state index contributed by atoms with van der Waals surface area (Å²) in [5.74, 6) is 0.832. The summed E-state index contributed by atoms with van der Waals surface area (Å²) in [6, 6.07) is 7.81. The van der Waals surface area contributed by atoms with Crippen molar-refractivity contribution in [3.05, 3.63) is 29.8 Å². The molecule has 0 radical (unpaired) electrons. The third-order valence-corrected chi connectivity index (χ3v) is 3.96. The van der Waals surface area contributed by atoms with Gasteiger partial charge in [0.05, 0.1) is 12.8 Å². The first-order valence-electron chi connectivity index (χ1n) is 8.28. The number of unbranched alkanes of at least 4 members (excludes halogenated alkanes) is 1. The van der Waals surface area contributed by atoms with Gasteiger partial charge in [0.15, 0.2) is 5.11 Å². The Labute approximate surface area is 143 Å². The molecule has 6 heteroatoms. The lowest BCUT2D eigenvalue weighted by molar-refractivity contribution is 0.216. The van der Waals surface area contributed by atoms with E-state index in [0.29, 0.717) is 0 Å². The smallest absolute Gasteiger partial charge is 0.184 e. The molecule has 1 fully saturated rings. The zero-order chi connectivity index (χ0) is 16.3. The Bertz CT molecular complexity index is 515. The van der Waals surface area contributed by atoms with Gasteiger partial charge in [-0.1, -0.05) is 18.6 Å². The number of likely N-dealkylation sites (tertiary alicyclic amines) is 1. The number of rotatable bonds is 8. The van der Waals surface area contributed by atoms with Gasteiger partial charge in [-0.05, 0) is 69.7 Å². The predicted octanol–water partition coefficient (Wildman–Crippen LogP) is 2.50. The lowest BCUT2D eigenvalue weighted by Gasteiger charge is -2.26. The Balaban J connectivity index is 1.70. The lowest BCUT2D eigenvalue weighted by atomic mass is 10.1. The van der Waals surface area contributed by atoms with Gasteiger partial charge >= 0.3 is 0 Å². The lowest BCUT2D eigenvalue weighted by Crippen LogP contribution is -2.30. The summed E-state index contributed by atoms with van der Waals surface area (Å²) >= 11 is 4.71. The number of hydrogen-bond donors (Lipinski definition) is 2. The first-order valence-corrected chi connectivity index (χ1v) is 8.69. The van der Waals surface area contributed by atoms with Crippen LogP contribution in [0.2, 0.25) is 0 Å². The molecule has 0 saturated carbocycles. The number of benzene rings is 1. The molecule has 0 unspecified atom stereocenters. The molecule has 0 aromatic heterocycles. The van der Waals surface area contributed by atoms with E-state index in [9.17, 15) is 0 Å². The van der Waals surface area contributed by atoms with Crippen LogP contribution in [0.1, 0.15) is 37.7 Å². The molecule has 1 heterocycles. The van der Waals surface area contributed by atoms with Crippen molar-refractivity contribution in [1.29, 1.82) is 0 Å². The summed E-state index contributed by atoms with van der Waals surface area (Å²) in [6.07, 6.45) is 8.00. The van der Waals surface area contributed by atoms with Gasteiger partial charge in [0.2, 0.25) is 0 Å². The average Bonchev–Trinajstić information content (AvgIpc) is 2.56. The summed E-state index contributed by atoms with van der Waals surface area (Å²) in [6.45, 7) is 4.43. The molecule has 0 amide bonds. The highest BCUT2D eigenvalue weighted by Gasteiger charge is 2.09. The van der Waals surface area contributed by atoms with Crippen molar-refractivity contribution in [3.63, 3.8) is 0 Å². The van der Waals surface area contributed by atoms with Gasteiger partial charge in [-0.15, -0.1) is 0 Å². The van der Waals surface area contributed by atoms with Gasteiger partial charge in [0.1, 0.15) is 5.75 Å². The highest BCUT2D eigenvalue weighted by Crippen LogP contribution is 2.16. The van der Waals surface area contributed by atoms with Crippen LogP contribution in [-0.4, -0.2) is 42.5 Å². The van der Waals surface area contributed by atoms with Crippen molar-refractivity contribution in [2.24, 2.45) is 10.8 Å². The van der Waals surface area contributed by atoms with Crippen LogP contribution in [0.3, 0.4) is 0 Å². The number of piperidine rings is 1. The topological polar surface area (TPSA) is 62.9 Å². The van der Waals surface area contributed by atoms with Crippen LogP contribution in [0.25, 0.3) is 0 Å². The highest BCUT2D eigenvalue weighted by molar-refractivity contribution is 7.80. The van der Waals surface area contributed by atoms with Crippen molar-refractivity contribution in [2.75, 3.05) is 26.2 Å². The summed E-state index contributed by atoms with van der Waals surface area (Å²) in [7, 11) is 0. The Morgan fingerprint density at radius 3 is 2.83 bits per heavy atom. The molecule has 5 nitrogen and oxygen atoms in total. The fraction of sp³-hybridized carbons (Fsp3) is 0.529. The number of nitrogens with two attached hydrogens (primary N) is 1. The zero-order valence-corrected chi connectivity index (χ0v) is 14.4. The van der Waals surface area contributed by atoms with Crippen LogP contribution in [0.4, 0.5) is 0 Å². The Morgan fingerprint density at radius 1 is 1.26 bits per heavy atom. The maximum Gasteiger partial charge on any atom is 0.184 e. The molecule has 1 aromatic rings. The van der Waals surface area contributed by atoms with Gasteiger partial charge in [0.25, 0.3) is 0 Å². The minimum atomic E-state index is 0.150. The van der Waals surface area contributed by atoms with E-state index < -0.39 is 0 Å². The second-order valence-corrected chi connectivity index (χ2v) is 6.17. The van der Waals surface area contributed by atoms with Crippen LogP contribution in [0.5, 0.6) is 5.75 Å². The third kappa shape index (κ3) is 6.97. The normalized spacial score (nSPS) is 15.7. The quantitative estimate of drug-likeness (QED) is 0.331. The van der Waals surface area contributed by atoms with Crippen LogP contribution < -0.4 is 15.9 Å². The van der Waals surface area contributed by atoms with Gasteiger partial charge in [-0.25, -0.2) is 0 Å². The second-order valence-electron chi connectivity index (χ2n) is 5.73. The molecule has 126 valence electrons. The van der Waals surface area contributed by atoms with E-state index in [-0.39, 0.29) is 5.11 Å². The molecule has 2 rings (SSSR count). The number of hydrogen-bond acceptors (Lipinski definition) is 4. The summed E-state index contributed by atoms with van der Waals surface area (Å²) < 4.78 is 5.88. The van der Waals surface area contributed by atoms with Crippen LogP contribution in [-0.2, 0) is 0 Å². The maximum atomic E-state index is 5.88. The molecule has 1 aromatic carbocycles. The Morgan fingerprint density at radius 2 is 2.04 bits per heavy atom. The molecule has 0 atom stereocenters. The van der Waals surface area contributed by atoms with Gasteiger partial charge in [0, 0.05) is 5.56 Å². The number of hydrazone groups is 1. The van der Waals surface area contributed by atoms with Crippen LogP contribution >= 0.6 is 12.2 Å². The number of nitrogens with one attached hydrogen (secondary N) is 1. The van der Waals surface area contributed by atoms with Gasteiger partial charge in [-0.3, -0.25) is 5.43 Å². The molecule has 3 N–H and O–H groups in total. The van der Waals surface area contributed by atoms with Crippen molar-refractivity contribution in [3.8, 4) is 5.75 Å². The van der Waals surface area contributed by atoms with E-state index in [4.69, 9.17) is 22.7 Å². The van der Waals surface area contributed by atoms with Crippen molar-refractivity contribution in [2.45, 2.75) is 32.1 Å². The summed E-state index contributed by atoms with van der Waals surface area (Å²) in [5, 5.41) is 4.13. The predicted molar refractivity (Wildman–Crippen MR) is 99.0 cm³/mol. The summed E-state index contributed by atoms with van der Waals surface area (Å²) in [4.78, 5) is 2.56. The third-order valence-electron chi connectivity index (χ3n) is 3.87. The minimum absolute atomic E-state index is 0.150. The standard InChI is InChI=1S/C17H26N4OS/c18-17(23)20-19-14-15-8-2-3-9-16(15)22-13-7-6-12-21-10-4-1-5-11-21/h2-3,8-9,14H,1,4-7,10-13H2,(H3,18,20,23). The van der Waals surface area contributed by atoms with E-state index in [2.05, 4.69) is 15.4 Å². The molecule has 1 saturated heterocycles. The molecular formula is C17H26N4OS. The SMILES string of the molecule is NC(=S)NN=Cc1ccccc1OCCCCN1CCCCC1. The zero-order valence-electron chi connectivity index (χ0n) is 13.5. The van der Waals surface area contributed by atoms with E-state index >= 15 is 0 Å². The molecule has 0 bridgehead atoms. The molecule has 1 aliphatic rings. The van der Waals surface area contributed by atoms with Crippen molar-refractivity contribution >= 4 is 23.5 Å². The summed E-state index contributed by atoms with van der Waals surface area (Å²) in [5.41, 5.74) is 8.80. The minimum Gasteiger partial charge on any atom is -0.493 e. The van der Waals surface area contributed by atoms with Crippen molar-refractivity contribution < 1.29 is 4.74 Å². The second kappa shape index (κ2) is 10.2. The van der Waals surface area contributed by atoms with Crippen LogP contribution in [0, 0.1) is 0 Å². The van der Waals surface area contributed by atoms with Crippen molar-refractivity contribution in [1.82, 2.24) is 10.3 Å². The Kier molecular flexibility index (Phi) is 7.83.